The van der Waals surface area contributed by atoms with Crippen molar-refractivity contribution in [3.05, 3.63) is 17.2 Å². The van der Waals surface area contributed by atoms with Gasteiger partial charge >= 0.3 is 0 Å². The first-order valence-electron chi connectivity index (χ1n) is 5.38. The molecule has 1 aliphatic rings. The summed E-state index contributed by atoms with van der Waals surface area (Å²) in [4.78, 5) is 4.39. The van der Waals surface area contributed by atoms with E-state index in [9.17, 15) is 8.42 Å². The molecule has 0 aliphatic carbocycles. The summed E-state index contributed by atoms with van der Waals surface area (Å²) < 4.78 is 25.0. The fourth-order valence-electron chi connectivity index (χ4n) is 2.08. The Hall–Kier alpha value is -0.880. The Balaban J connectivity index is 2.37. The number of nitrogens with zero attached hydrogens (tertiary/aromatic N) is 2. The van der Waals surface area contributed by atoms with Crippen LogP contribution in [0.25, 0.3) is 0 Å². The zero-order valence-corrected chi connectivity index (χ0v) is 10.4. The highest BCUT2D eigenvalue weighted by Gasteiger charge is 2.26. The monoisotopic (exact) mass is 243 g/mol. The van der Waals surface area contributed by atoms with Gasteiger partial charge in [-0.3, -0.25) is 0 Å². The van der Waals surface area contributed by atoms with E-state index in [1.807, 2.05) is 18.5 Å². The van der Waals surface area contributed by atoms with E-state index in [1.54, 1.807) is 0 Å². The molecule has 1 unspecified atom stereocenters. The number of nitrogens with two attached hydrogens (primary N) is 1. The summed E-state index contributed by atoms with van der Waals surface area (Å²) in [5.74, 6) is 1.20. The molecule has 1 aromatic heterocycles. The number of rotatable bonds is 2. The summed E-state index contributed by atoms with van der Waals surface area (Å²) in [6, 6.07) is 0.0409. The molecule has 90 valence electrons. The van der Waals surface area contributed by atoms with Gasteiger partial charge in [-0.15, -0.1) is 0 Å². The van der Waals surface area contributed by atoms with Gasteiger partial charge in [-0.1, -0.05) is 0 Å². The Morgan fingerprint density at radius 2 is 2.25 bits per heavy atom. The molecule has 0 saturated carbocycles. The van der Waals surface area contributed by atoms with Gasteiger partial charge in [0.15, 0.2) is 9.84 Å². The second-order valence-corrected chi connectivity index (χ2v) is 6.69. The van der Waals surface area contributed by atoms with Crippen LogP contribution in [-0.4, -0.2) is 29.8 Å². The van der Waals surface area contributed by atoms with Crippen LogP contribution >= 0.6 is 0 Å². The summed E-state index contributed by atoms with van der Waals surface area (Å²) in [6.07, 6.45) is 1.25. The average molecular weight is 243 g/mol. The molecule has 0 bridgehead atoms. The third-order valence-electron chi connectivity index (χ3n) is 2.90. The Kier molecular flexibility index (Phi) is 2.79. The lowest BCUT2D eigenvalue weighted by atomic mass is 10.2. The molecule has 1 aliphatic heterocycles. The second kappa shape index (κ2) is 3.85. The first kappa shape index (κ1) is 11.6. The Morgan fingerprint density at radius 3 is 2.88 bits per heavy atom. The summed E-state index contributed by atoms with van der Waals surface area (Å²) >= 11 is 0. The van der Waals surface area contributed by atoms with Gasteiger partial charge in [-0.25, -0.2) is 13.4 Å². The molecule has 1 atom stereocenters. The van der Waals surface area contributed by atoms with E-state index in [2.05, 4.69) is 4.98 Å². The van der Waals surface area contributed by atoms with Crippen LogP contribution < -0.4 is 5.73 Å². The van der Waals surface area contributed by atoms with Gasteiger partial charge in [0.1, 0.15) is 5.82 Å². The van der Waals surface area contributed by atoms with Crippen molar-refractivity contribution < 1.29 is 8.42 Å². The molecule has 0 fully saturated rings. The van der Waals surface area contributed by atoms with E-state index in [0.29, 0.717) is 18.5 Å². The molecular formula is C10H17N3O2S. The fourth-order valence-corrected chi connectivity index (χ4v) is 3.37. The molecule has 2 N–H and O–H groups in total. The minimum Gasteiger partial charge on any atom is -0.335 e. The molecule has 0 radical (unpaired) electrons. The topological polar surface area (TPSA) is 78.0 Å². The smallest absolute Gasteiger partial charge is 0.156 e. The van der Waals surface area contributed by atoms with Crippen LogP contribution in [0.4, 0.5) is 0 Å². The first-order valence-corrected chi connectivity index (χ1v) is 7.20. The lowest BCUT2D eigenvalue weighted by Gasteiger charge is -2.12. The van der Waals surface area contributed by atoms with Crippen LogP contribution in [0.5, 0.6) is 0 Å². The van der Waals surface area contributed by atoms with Crippen molar-refractivity contribution in [3.63, 3.8) is 0 Å². The van der Waals surface area contributed by atoms with Crippen LogP contribution in [0.15, 0.2) is 0 Å². The Labute approximate surface area is 95.6 Å². The summed E-state index contributed by atoms with van der Waals surface area (Å²) in [5.41, 5.74) is 7.49. The van der Waals surface area contributed by atoms with Crippen molar-refractivity contribution in [2.75, 3.05) is 5.75 Å². The minimum absolute atomic E-state index is 0.0409. The van der Waals surface area contributed by atoms with Gasteiger partial charge in [-0.05, 0) is 6.92 Å². The number of aromatic nitrogens is 2. The maximum atomic E-state index is 11.5. The highest BCUT2D eigenvalue weighted by Crippen LogP contribution is 2.21. The van der Waals surface area contributed by atoms with E-state index in [4.69, 9.17) is 5.73 Å². The van der Waals surface area contributed by atoms with Crippen LogP contribution in [0.3, 0.4) is 0 Å². The number of hydrogen-bond donors (Lipinski definition) is 1. The molecule has 0 amide bonds. The molecule has 0 aromatic carbocycles. The van der Waals surface area contributed by atoms with Gasteiger partial charge in [0.2, 0.25) is 0 Å². The first-order chi connectivity index (χ1) is 7.39. The molecule has 6 heteroatoms. The summed E-state index contributed by atoms with van der Waals surface area (Å²) in [5, 5.41) is 0. The van der Waals surface area contributed by atoms with E-state index >= 15 is 0 Å². The Morgan fingerprint density at radius 1 is 1.56 bits per heavy atom. The van der Waals surface area contributed by atoms with Crippen LogP contribution in [0, 0.1) is 0 Å². The summed E-state index contributed by atoms with van der Waals surface area (Å²) in [7, 11) is -1.00. The van der Waals surface area contributed by atoms with Crippen LogP contribution in [0.1, 0.15) is 24.1 Å². The average Bonchev–Trinajstić information content (AvgIpc) is 2.40. The number of sulfone groups is 1. The van der Waals surface area contributed by atoms with E-state index in [0.717, 1.165) is 11.5 Å². The molecule has 5 nitrogen and oxygen atoms in total. The highest BCUT2D eigenvalue weighted by atomic mass is 32.2. The largest absolute Gasteiger partial charge is 0.335 e. The predicted octanol–water partition coefficient (Wildman–Crippen LogP) is -0.219. The van der Waals surface area contributed by atoms with Crippen molar-refractivity contribution in [1.82, 2.24) is 9.55 Å². The van der Waals surface area contributed by atoms with Crippen molar-refractivity contribution >= 4 is 9.84 Å². The lowest BCUT2D eigenvalue weighted by Crippen LogP contribution is -2.21. The number of hydrogen-bond acceptors (Lipinski definition) is 4. The molecule has 0 spiro atoms. The molecule has 2 rings (SSSR count). The fraction of sp³-hybridized carbons (Fsp3) is 0.700. The number of imidazole rings is 1. The van der Waals surface area contributed by atoms with E-state index < -0.39 is 9.84 Å². The zero-order valence-electron chi connectivity index (χ0n) is 9.60. The SMILES string of the molecule is CC(N)Cc1nc2c(n1C)CCS(=O)(=O)C2. The third-order valence-corrected chi connectivity index (χ3v) is 4.44. The molecular weight excluding hydrogens is 226 g/mol. The standard InChI is InChI=1S/C10H17N3O2S/c1-7(11)5-10-12-8-6-16(14,15)4-3-9(8)13(10)2/h7H,3-6,11H2,1-2H3. The minimum atomic E-state index is -2.94. The molecule has 16 heavy (non-hydrogen) atoms. The van der Waals surface area contributed by atoms with Gasteiger partial charge < -0.3 is 10.3 Å². The summed E-state index contributed by atoms with van der Waals surface area (Å²) in [6.45, 7) is 1.92. The molecule has 2 heterocycles. The maximum Gasteiger partial charge on any atom is 0.156 e. The van der Waals surface area contributed by atoms with Crippen molar-refractivity contribution in [2.24, 2.45) is 12.8 Å². The molecule has 0 saturated heterocycles. The van der Waals surface area contributed by atoms with Crippen LogP contribution in [-0.2, 0) is 35.5 Å². The predicted molar refractivity (Wildman–Crippen MR) is 61.8 cm³/mol. The Bertz CT molecular complexity index is 502. The number of fused-ring (bicyclic) bond motifs is 1. The second-order valence-electron chi connectivity index (χ2n) is 4.50. The van der Waals surface area contributed by atoms with Crippen molar-refractivity contribution in [1.29, 1.82) is 0 Å². The lowest BCUT2D eigenvalue weighted by molar-refractivity contribution is 0.589. The molecule has 1 aromatic rings. The van der Waals surface area contributed by atoms with Gasteiger partial charge in [0, 0.05) is 31.6 Å². The maximum absolute atomic E-state index is 11.5. The normalized spacial score (nSPS) is 20.4. The highest BCUT2D eigenvalue weighted by molar-refractivity contribution is 7.90. The van der Waals surface area contributed by atoms with Crippen LogP contribution in [0.2, 0.25) is 0 Å². The zero-order chi connectivity index (χ0) is 11.9. The van der Waals surface area contributed by atoms with Crippen molar-refractivity contribution in [3.8, 4) is 0 Å². The third kappa shape index (κ3) is 2.12. The van der Waals surface area contributed by atoms with Gasteiger partial charge in [0.25, 0.3) is 0 Å². The van der Waals surface area contributed by atoms with E-state index in [1.165, 1.54) is 0 Å². The van der Waals surface area contributed by atoms with E-state index in [-0.39, 0.29) is 17.5 Å². The van der Waals surface area contributed by atoms with Crippen molar-refractivity contribution in [2.45, 2.75) is 31.6 Å². The quantitative estimate of drug-likeness (QED) is 0.779. The van der Waals surface area contributed by atoms with Gasteiger partial charge in [0.05, 0.1) is 17.2 Å². The van der Waals surface area contributed by atoms with Gasteiger partial charge in [-0.2, -0.15) is 0 Å².